The number of benzene rings is 2. The molecule has 0 aromatic heterocycles. The molecule has 0 saturated carbocycles. The van der Waals surface area contributed by atoms with E-state index in [4.69, 9.17) is 4.74 Å². The Balaban J connectivity index is 1.38. The molecule has 0 unspecified atom stereocenters. The van der Waals surface area contributed by atoms with Crippen LogP contribution < -0.4 is 10.6 Å². The molecule has 1 fully saturated rings. The minimum absolute atomic E-state index is 0.120. The average molecular weight is 336 g/mol. The zero-order valence-electron chi connectivity index (χ0n) is 14.3. The zero-order valence-corrected chi connectivity index (χ0v) is 14.3. The summed E-state index contributed by atoms with van der Waals surface area (Å²) in [5, 5.41) is 6.29. The molecule has 4 heteroatoms. The number of nitrogens with one attached hydrogen (secondary N) is 2. The summed E-state index contributed by atoms with van der Waals surface area (Å²) in [7, 11) is 0. The number of amides is 1. The van der Waals surface area contributed by atoms with E-state index in [1.54, 1.807) is 0 Å². The second kappa shape index (κ2) is 7.28. The van der Waals surface area contributed by atoms with E-state index in [2.05, 4.69) is 47.0 Å². The highest BCUT2D eigenvalue weighted by Gasteiger charge is 2.29. The van der Waals surface area contributed by atoms with Crippen LogP contribution in [0.25, 0.3) is 11.1 Å². The van der Waals surface area contributed by atoms with Crippen molar-refractivity contribution in [3.8, 4) is 11.1 Å². The van der Waals surface area contributed by atoms with Crippen LogP contribution in [0.1, 0.15) is 29.9 Å². The van der Waals surface area contributed by atoms with Gasteiger partial charge in [-0.1, -0.05) is 48.5 Å². The number of carbonyl (C=O) groups excluding carboxylic acids is 1. The molecule has 1 amide bonds. The van der Waals surface area contributed by atoms with E-state index in [-0.39, 0.29) is 12.0 Å². The Labute approximate surface area is 148 Å². The highest BCUT2D eigenvalue weighted by atomic mass is 16.5. The number of hydrogen-bond donors (Lipinski definition) is 2. The van der Waals surface area contributed by atoms with E-state index in [1.165, 1.54) is 28.7 Å². The maximum Gasteiger partial charge on any atom is 0.407 e. The summed E-state index contributed by atoms with van der Waals surface area (Å²) in [6.07, 6.45) is 2.03. The summed E-state index contributed by atoms with van der Waals surface area (Å²) >= 11 is 0. The molecule has 1 heterocycles. The number of rotatable bonds is 4. The van der Waals surface area contributed by atoms with Crippen molar-refractivity contribution in [2.24, 2.45) is 5.92 Å². The molecule has 4 rings (SSSR count). The van der Waals surface area contributed by atoms with Gasteiger partial charge in [0.2, 0.25) is 0 Å². The fourth-order valence-electron chi connectivity index (χ4n) is 3.98. The first-order chi connectivity index (χ1) is 12.3. The third-order valence-electron chi connectivity index (χ3n) is 5.28. The summed E-state index contributed by atoms with van der Waals surface area (Å²) < 4.78 is 5.56. The lowest BCUT2D eigenvalue weighted by molar-refractivity contribution is 0.140. The molecule has 25 heavy (non-hydrogen) atoms. The quantitative estimate of drug-likeness (QED) is 0.898. The van der Waals surface area contributed by atoms with Crippen LogP contribution in [0.4, 0.5) is 4.79 Å². The number of hydrogen-bond acceptors (Lipinski definition) is 3. The molecule has 0 radical (unpaired) electrons. The van der Waals surface area contributed by atoms with Gasteiger partial charge in [0.1, 0.15) is 6.61 Å². The second-order valence-corrected chi connectivity index (χ2v) is 6.92. The highest BCUT2D eigenvalue weighted by Crippen LogP contribution is 2.44. The van der Waals surface area contributed by atoms with E-state index < -0.39 is 0 Å². The van der Waals surface area contributed by atoms with E-state index >= 15 is 0 Å². The van der Waals surface area contributed by atoms with Gasteiger partial charge in [0.25, 0.3) is 0 Å². The molecule has 1 aliphatic heterocycles. The smallest absolute Gasteiger partial charge is 0.407 e. The van der Waals surface area contributed by atoms with Crippen molar-refractivity contribution in [2.45, 2.75) is 18.8 Å². The van der Waals surface area contributed by atoms with Crippen molar-refractivity contribution in [2.75, 3.05) is 26.2 Å². The second-order valence-electron chi connectivity index (χ2n) is 6.92. The molecule has 1 saturated heterocycles. The van der Waals surface area contributed by atoms with E-state index in [0.29, 0.717) is 19.1 Å². The number of piperidine rings is 1. The third kappa shape index (κ3) is 3.40. The minimum Gasteiger partial charge on any atom is -0.449 e. The largest absolute Gasteiger partial charge is 0.449 e. The highest BCUT2D eigenvalue weighted by molar-refractivity contribution is 5.79. The maximum atomic E-state index is 12.1. The van der Waals surface area contributed by atoms with Crippen LogP contribution in [0.15, 0.2) is 48.5 Å². The van der Waals surface area contributed by atoms with Crippen molar-refractivity contribution in [1.29, 1.82) is 0 Å². The van der Waals surface area contributed by atoms with Crippen LogP contribution in [0, 0.1) is 5.92 Å². The molecule has 2 aliphatic rings. The van der Waals surface area contributed by atoms with Gasteiger partial charge in [-0.05, 0) is 54.1 Å². The lowest BCUT2D eigenvalue weighted by Gasteiger charge is -2.23. The molecule has 1 aliphatic carbocycles. The Hall–Kier alpha value is -2.33. The van der Waals surface area contributed by atoms with Crippen LogP contribution in [-0.2, 0) is 4.74 Å². The Morgan fingerprint density at radius 1 is 1.08 bits per heavy atom. The predicted octanol–water partition coefficient (Wildman–Crippen LogP) is 3.52. The van der Waals surface area contributed by atoms with E-state index in [9.17, 15) is 4.79 Å². The minimum atomic E-state index is -0.313. The molecule has 2 aromatic rings. The summed E-state index contributed by atoms with van der Waals surface area (Å²) in [6.45, 7) is 3.12. The summed E-state index contributed by atoms with van der Waals surface area (Å²) in [5.41, 5.74) is 4.99. The van der Waals surface area contributed by atoms with Gasteiger partial charge in [0, 0.05) is 12.5 Å². The molecular weight excluding hydrogens is 312 g/mol. The Bertz CT molecular complexity index is 708. The van der Waals surface area contributed by atoms with Gasteiger partial charge in [0.15, 0.2) is 0 Å². The average Bonchev–Trinajstić information content (AvgIpc) is 2.99. The maximum absolute atomic E-state index is 12.1. The Kier molecular flexibility index (Phi) is 4.70. The molecule has 0 bridgehead atoms. The lowest BCUT2D eigenvalue weighted by Crippen LogP contribution is -2.38. The van der Waals surface area contributed by atoms with Crippen LogP contribution >= 0.6 is 0 Å². The van der Waals surface area contributed by atoms with Crippen molar-refractivity contribution in [3.63, 3.8) is 0 Å². The van der Waals surface area contributed by atoms with Gasteiger partial charge < -0.3 is 15.4 Å². The molecule has 130 valence electrons. The van der Waals surface area contributed by atoms with Crippen molar-refractivity contribution < 1.29 is 9.53 Å². The Morgan fingerprint density at radius 3 is 2.40 bits per heavy atom. The topological polar surface area (TPSA) is 50.4 Å². The number of alkyl carbamates (subject to hydrolysis) is 1. The number of ether oxygens (including phenoxy) is 1. The third-order valence-corrected chi connectivity index (χ3v) is 5.28. The van der Waals surface area contributed by atoms with E-state index in [0.717, 1.165) is 19.5 Å². The van der Waals surface area contributed by atoms with E-state index in [1.807, 2.05) is 12.1 Å². The predicted molar refractivity (Wildman–Crippen MR) is 98.7 cm³/mol. The number of fused-ring (bicyclic) bond motifs is 3. The zero-order chi connectivity index (χ0) is 17.1. The van der Waals surface area contributed by atoms with Gasteiger partial charge in [-0.25, -0.2) is 4.79 Å². The molecule has 4 nitrogen and oxygen atoms in total. The molecule has 2 aromatic carbocycles. The van der Waals surface area contributed by atoms with Gasteiger partial charge in [-0.2, -0.15) is 0 Å². The van der Waals surface area contributed by atoms with Crippen LogP contribution in [0.2, 0.25) is 0 Å². The monoisotopic (exact) mass is 336 g/mol. The van der Waals surface area contributed by atoms with Gasteiger partial charge in [0.05, 0.1) is 0 Å². The fraction of sp³-hybridized carbons (Fsp3) is 0.381. The fourth-order valence-corrected chi connectivity index (χ4v) is 3.98. The Morgan fingerprint density at radius 2 is 1.76 bits per heavy atom. The van der Waals surface area contributed by atoms with Crippen molar-refractivity contribution >= 4 is 6.09 Å². The SMILES string of the molecule is O=C(NC[C@H]1CCCNC1)OCC1c2ccccc2-c2ccccc21. The lowest BCUT2D eigenvalue weighted by atomic mass is 9.98. The molecular formula is C21H24N2O2. The first-order valence-corrected chi connectivity index (χ1v) is 9.12. The first kappa shape index (κ1) is 16.2. The van der Waals surface area contributed by atoms with Crippen LogP contribution in [0.5, 0.6) is 0 Å². The van der Waals surface area contributed by atoms with Gasteiger partial charge >= 0.3 is 6.09 Å². The molecule has 2 N–H and O–H groups in total. The van der Waals surface area contributed by atoms with Crippen molar-refractivity contribution in [3.05, 3.63) is 59.7 Å². The van der Waals surface area contributed by atoms with Crippen molar-refractivity contribution in [1.82, 2.24) is 10.6 Å². The summed E-state index contributed by atoms with van der Waals surface area (Å²) in [6, 6.07) is 16.8. The van der Waals surface area contributed by atoms with Gasteiger partial charge in [-0.15, -0.1) is 0 Å². The molecule has 0 spiro atoms. The molecule has 1 atom stereocenters. The van der Waals surface area contributed by atoms with Crippen LogP contribution in [0.3, 0.4) is 0 Å². The van der Waals surface area contributed by atoms with Gasteiger partial charge in [-0.3, -0.25) is 0 Å². The summed E-state index contributed by atoms with van der Waals surface area (Å²) in [5.74, 6) is 0.628. The standard InChI is InChI=1S/C21H24N2O2/c24-21(23-13-15-6-5-11-22-12-15)25-14-20-18-9-3-1-7-16(18)17-8-2-4-10-19(17)20/h1-4,7-10,15,20,22H,5-6,11-14H2,(H,23,24)/t15-/m0/s1. The van der Waals surface area contributed by atoms with Crippen LogP contribution in [-0.4, -0.2) is 32.3 Å². The summed E-state index contributed by atoms with van der Waals surface area (Å²) in [4.78, 5) is 12.1. The normalized spacial score (nSPS) is 19.1. The number of carbonyl (C=O) groups is 1. The first-order valence-electron chi connectivity index (χ1n) is 9.12.